The molecule has 0 atom stereocenters. The Balaban J connectivity index is 2.18. The van der Waals surface area contributed by atoms with Gasteiger partial charge in [-0.3, -0.25) is 9.67 Å². The molecule has 0 aliphatic carbocycles. The normalized spacial score (nSPS) is 10.8. The molecule has 0 fully saturated rings. The maximum absolute atomic E-state index is 4.28. The molecule has 0 N–H and O–H groups in total. The summed E-state index contributed by atoms with van der Waals surface area (Å²) in [6.45, 7) is 0. The molecule has 0 aliphatic rings. The lowest BCUT2D eigenvalue weighted by atomic mass is 10.1. The van der Waals surface area contributed by atoms with E-state index in [1.165, 1.54) is 0 Å². The molecule has 0 saturated heterocycles. The van der Waals surface area contributed by atoms with Crippen LogP contribution < -0.4 is 0 Å². The average Bonchev–Trinajstić information content (AvgIpc) is 2.75. The second-order valence-electron chi connectivity index (χ2n) is 3.68. The van der Waals surface area contributed by atoms with Gasteiger partial charge in [0.2, 0.25) is 0 Å². The molecule has 4 nitrogen and oxygen atoms in total. The van der Waals surface area contributed by atoms with Gasteiger partial charge in [0.15, 0.2) is 5.82 Å². The standard InChI is InChI=1S/C12H10N4/c1-16-8-14-12(15-16)10-2-3-11-7-13-5-4-9(11)6-10/h2-8H,1H3. The molecule has 0 aliphatic heterocycles. The molecular weight excluding hydrogens is 200 g/mol. The van der Waals surface area contributed by atoms with Crippen molar-refractivity contribution in [2.24, 2.45) is 7.05 Å². The van der Waals surface area contributed by atoms with Crippen LogP contribution >= 0.6 is 0 Å². The molecule has 2 heterocycles. The highest BCUT2D eigenvalue weighted by Gasteiger charge is 2.03. The average molecular weight is 210 g/mol. The van der Waals surface area contributed by atoms with Gasteiger partial charge >= 0.3 is 0 Å². The molecular formula is C12H10N4. The van der Waals surface area contributed by atoms with E-state index in [9.17, 15) is 0 Å². The number of hydrogen-bond acceptors (Lipinski definition) is 3. The molecule has 0 saturated carbocycles. The Kier molecular flexibility index (Phi) is 1.93. The van der Waals surface area contributed by atoms with Gasteiger partial charge < -0.3 is 0 Å². The number of fused-ring (bicyclic) bond motifs is 1. The second kappa shape index (κ2) is 3.41. The molecule has 2 aromatic heterocycles. The minimum absolute atomic E-state index is 0.751. The van der Waals surface area contributed by atoms with Crippen molar-refractivity contribution in [3.05, 3.63) is 43.0 Å². The summed E-state index contributed by atoms with van der Waals surface area (Å²) in [5, 5.41) is 6.56. The SMILES string of the molecule is Cn1cnc(-c2ccc3cnccc3c2)n1. The van der Waals surface area contributed by atoms with Crippen LogP contribution in [0.5, 0.6) is 0 Å². The summed E-state index contributed by atoms with van der Waals surface area (Å²) in [5.41, 5.74) is 1.03. The van der Waals surface area contributed by atoms with E-state index in [4.69, 9.17) is 0 Å². The molecule has 3 rings (SSSR count). The highest BCUT2D eigenvalue weighted by Crippen LogP contribution is 2.20. The summed E-state index contributed by atoms with van der Waals surface area (Å²) in [5.74, 6) is 0.751. The van der Waals surface area contributed by atoms with Crippen molar-refractivity contribution < 1.29 is 0 Å². The zero-order valence-corrected chi connectivity index (χ0v) is 8.83. The first-order chi connectivity index (χ1) is 7.83. The summed E-state index contributed by atoms with van der Waals surface area (Å²) in [6, 6.07) is 8.11. The third-order valence-electron chi connectivity index (χ3n) is 2.50. The number of benzene rings is 1. The second-order valence-corrected chi connectivity index (χ2v) is 3.68. The Hall–Kier alpha value is -2.23. The van der Waals surface area contributed by atoms with Crippen molar-refractivity contribution in [1.29, 1.82) is 0 Å². The topological polar surface area (TPSA) is 43.6 Å². The van der Waals surface area contributed by atoms with Crippen LogP contribution in [0.25, 0.3) is 22.2 Å². The van der Waals surface area contributed by atoms with Crippen LogP contribution in [0.3, 0.4) is 0 Å². The Morgan fingerprint density at radius 1 is 1.12 bits per heavy atom. The number of hydrogen-bond donors (Lipinski definition) is 0. The zero-order valence-electron chi connectivity index (χ0n) is 8.83. The largest absolute Gasteiger partial charge is 0.264 e. The van der Waals surface area contributed by atoms with Gasteiger partial charge in [-0.15, -0.1) is 0 Å². The van der Waals surface area contributed by atoms with Gasteiger partial charge in [-0.2, -0.15) is 5.10 Å². The van der Waals surface area contributed by atoms with Gasteiger partial charge in [0, 0.05) is 30.4 Å². The van der Waals surface area contributed by atoms with E-state index < -0.39 is 0 Å². The van der Waals surface area contributed by atoms with Gasteiger partial charge in [0.05, 0.1) is 0 Å². The van der Waals surface area contributed by atoms with E-state index in [1.54, 1.807) is 17.2 Å². The lowest BCUT2D eigenvalue weighted by Gasteiger charge is -1.99. The molecule has 0 spiro atoms. The summed E-state index contributed by atoms with van der Waals surface area (Å²) in [4.78, 5) is 8.31. The van der Waals surface area contributed by atoms with Crippen molar-refractivity contribution >= 4 is 10.8 Å². The number of nitrogens with zero attached hydrogens (tertiary/aromatic N) is 4. The minimum atomic E-state index is 0.751. The summed E-state index contributed by atoms with van der Waals surface area (Å²) in [6.07, 6.45) is 5.34. The van der Waals surface area contributed by atoms with Crippen LogP contribution in [0, 0.1) is 0 Å². The molecule has 3 aromatic rings. The Bertz CT molecular complexity index is 642. The first kappa shape index (κ1) is 9.03. The fraction of sp³-hybridized carbons (Fsp3) is 0.0833. The van der Waals surface area contributed by atoms with Gasteiger partial charge in [-0.05, 0) is 17.5 Å². The molecule has 0 amide bonds. The fourth-order valence-corrected chi connectivity index (χ4v) is 1.69. The van der Waals surface area contributed by atoms with Crippen LogP contribution in [-0.2, 0) is 7.05 Å². The predicted molar refractivity (Wildman–Crippen MR) is 61.7 cm³/mol. The third kappa shape index (κ3) is 1.44. The number of aryl methyl sites for hydroxylation is 1. The van der Waals surface area contributed by atoms with E-state index in [-0.39, 0.29) is 0 Å². The quantitative estimate of drug-likeness (QED) is 0.617. The smallest absolute Gasteiger partial charge is 0.181 e. The summed E-state index contributed by atoms with van der Waals surface area (Å²) >= 11 is 0. The highest BCUT2D eigenvalue weighted by atomic mass is 15.3. The van der Waals surface area contributed by atoms with Crippen molar-refractivity contribution in [3.8, 4) is 11.4 Å². The van der Waals surface area contributed by atoms with E-state index in [2.05, 4.69) is 21.1 Å². The fourth-order valence-electron chi connectivity index (χ4n) is 1.69. The number of rotatable bonds is 1. The molecule has 0 bridgehead atoms. The molecule has 0 radical (unpaired) electrons. The van der Waals surface area contributed by atoms with Crippen LogP contribution in [0.2, 0.25) is 0 Å². The van der Waals surface area contributed by atoms with Gasteiger partial charge in [-0.1, -0.05) is 12.1 Å². The predicted octanol–water partition coefficient (Wildman–Crippen LogP) is 2.03. The Morgan fingerprint density at radius 2 is 2.06 bits per heavy atom. The van der Waals surface area contributed by atoms with Crippen LogP contribution in [0.1, 0.15) is 0 Å². The lowest BCUT2D eigenvalue weighted by Crippen LogP contribution is -1.88. The van der Waals surface area contributed by atoms with E-state index >= 15 is 0 Å². The highest BCUT2D eigenvalue weighted by molar-refractivity contribution is 5.85. The maximum Gasteiger partial charge on any atom is 0.181 e. The first-order valence-electron chi connectivity index (χ1n) is 5.03. The van der Waals surface area contributed by atoms with Crippen molar-refractivity contribution in [2.45, 2.75) is 0 Å². The monoisotopic (exact) mass is 210 g/mol. The van der Waals surface area contributed by atoms with Crippen molar-refractivity contribution in [3.63, 3.8) is 0 Å². The van der Waals surface area contributed by atoms with E-state index in [0.717, 1.165) is 22.2 Å². The maximum atomic E-state index is 4.28. The van der Waals surface area contributed by atoms with E-state index in [0.29, 0.717) is 0 Å². The van der Waals surface area contributed by atoms with E-state index in [1.807, 2.05) is 31.4 Å². The van der Waals surface area contributed by atoms with Crippen LogP contribution in [0.4, 0.5) is 0 Å². The number of aromatic nitrogens is 4. The molecule has 1 aromatic carbocycles. The van der Waals surface area contributed by atoms with Crippen molar-refractivity contribution in [1.82, 2.24) is 19.7 Å². The lowest BCUT2D eigenvalue weighted by molar-refractivity contribution is 0.768. The first-order valence-corrected chi connectivity index (χ1v) is 5.03. The third-order valence-corrected chi connectivity index (χ3v) is 2.50. The summed E-state index contributed by atoms with van der Waals surface area (Å²) in [7, 11) is 1.86. The van der Waals surface area contributed by atoms with Gasteiger partial charge in [0.1, 0.15) is 6.33 Å². The molecule has 78 valence electrons. The Labute approximate surface area is 92.6 Å². The van der Waals surface area contributed by atoms with Crippen molar-refractivity contribution in [2.75, 3.05) is 0 Å². The zero-order chi connectivity index (χ0) is 11.0. The Morgan fingerprint density at radius 3 is 2.88 bits per heavy atom. The van der Waals surface area contributed by atoms with Crippen LogP contribution in [-0.4, -0.2) is 19.7 Å². The van der Waals surface area contributed by atoms with Gasteiger partial charge in [-0.25, -0.2) is 4.98 Å². The van der Waals surface area contributed by atoms with Gasteiger partial charge in [0.25, 0.3) is 0 Å². The number of pyridine rings is 1. The molecule has 16 heavy (non-hydrogen) atoms. The molecule has 4 heteroatoms. The summed E-state index contributed by atoms with van der Waals surface area (Å²) < 4.78 is 1.70. The molecule has 0 unspecified atom stereocenters. The minimum Gasteiger partial charge on any atom is -0.264 e. The van der Waals surface area contributed by atoms with Crippen LogP contribution in [0.15, 0.2) is 43.0 Å².